The molecule has 0 spiro atoms. The molecule has 180 valence electrons. The van der Waals surface area contributed by atoms with E-state index in [1.54, 1.807) is 7.05 Å². The van der Waals surface area contributed by atoms with E-state index >= 15 is 0 Å². The number of alkyl halides is 3. The SMILES string of the molecule is CNC(=O)[C@H]1CCCN(c2nc3ncn(CC(=O)Nc4cccc(C(F)(F)F)c4)c(=O)c3s2)C1. The third kappa shape index (κ3) is 5.03. The fraction of sp³-hybridized carbons (Fsp3) is 0.381. The molecule has 9 nitrogen and oxygen atoms in total. The lowest BCUT2D eigenvalue weighted by atomic mass is 9.98. The van der Waals surface area contributed by atoms with Crippen LogP contribution in [0.15, 0.2) is 35.4 Å². The third-order valence-corrected chi connectivity index (χ3v) is 6.56. The highest BCUT2D eigenvalue weighted by atomic mass is 32.1. The molecule has 2 amide bonds. The molecule has 0 unspecified atom stereocenters. The second kappa shape index (κ2) is 9.41. The number of amides is 2. The predicted octanol–water partition coefficient (Wildman–Crippen LogP) is 2.47. The van der Waals surface area contributed by atoms with E-state index in [-0.39, 0.29) is 27.9 Å². The van der Waals surface area contributed by atoms with Crippen LogP contribution in [-0.2, 0) is 22.3 Å². The van der Waals surface area contributed by atoms with Gasteiger partial charge in [-0.25, -0.2) is 4.98 Å². The lowest BCUT2D eigenvalue weighted by Crippen LogP contribution is -2.42. The van der Waals surface area contributed by atoms with Crippen molar-refractivity contribution >= 4 is 44.3 Å². The lowest BCUT2D eigenvalue weighted by molar-refractivity contribution is -0.137. The monoisotopic (exact) mass is 494 g/mol. The van der Waals surface area contributed by atoms with Gasteiger partial charge >= 0.3 is 6.18 Å². The minimum absolute atomic E-state index is 0.0299. The molecule has 0 bridgehead atoms. The van der Waals surface area contributed by atoms with Gasteiger partial charge in [-0.2, -0.15) is 18.2 Å². The van der Waals surface area contributed by atoms with Gasteiger partial charge in [0, 0.05) is 25.8 Å². The highest BCUT2D eigenvalue weighted by Crippen LogP contribution is 2.31. The first-order chi connectivity index (χ1) is 16.2. The highest BCUT2D eigenvalue weighted by Gasteiger charge is 2.30. The maximum absolute atomic E-state index is 12.9. The van der Waals surface area contributed by atoms with Gasteiger partial charge in [0.2, 0.25) is 11.8 Å². The maximum atomic E-state index is 12.9. The molecular formula is C21H21F3N6O3S. The Morgan fingerprint density at radius 3 is 2.82 bits per heavy atom. The molecule has 1 saturated heterocycles. The molecule has 13 heteroatoms. The van der Waals surface area contributed by atoms with Crippen molar-refractivity contribution in [2.24, 2.45) is 5.92 Å². The van der Waals surface area contributed by atoms with Crippen molar-refractivity contribution in [1.29, 1.82) is 0 Å². The smallest absolute Gasteiger partial charge is 0.359 e. The fourth-order valence-electron chi connectivity index (χ4n) is 3.78. The van der Waals surface area contributed by atoms with Crippen LogP contribution in [0.4, 0.5) is 24.0 Å². The van der Waals surface area contributed by atoms with Crippen LogP contribution in [-0.4, -0.2) is 46.5 Å². The number of aromatic nitrogens is 3. The molecule has 3 aromatic rings. The van der Waals surface area contributed by atoms with Crippen LogP contribution < -0.4 is 21.1 Å². The van der Waals surface area contributed by atoms with Gasteiger partial charge in [-0.3, -0.25) is 19.0 Å². The highest BCUT2D eigenvalue weighted by molar-refractivity contribution is 7.22. The van der Waals surface area contributed by atoms with E-state index < -0.39 is 29.8 Å². The quantitative estimate of drug-likeness (QED) is 0.564. The van der Waals surface area contributed by atoms with Gasteiger partial charge in [-0.1, -0.05) is 17.4 Å². The summed E-state index contributed by atoms with van der Waals surface area (Å²) < 4.78 is 40.0. The van der Waals surface area contributed by atoms with Crippen LogP contribution in [0.5, 0.6) is 0 Å². The molecule has 0 saturated carbocycles. The molecule has 4 rings (SSSR count). The minimum Gasteiger partial charge on any atom is -0.359 e. The molecule has 1 fully saturated rings. The number of hydrogen-bond donors (Lipinski definition) is 2. The Hall–Kier alpha value is -3.48. The summed E-state index contributed by atoms with van der Waals surface area (Å²) in [5.74, 6) is -0.884. The van der Waals surface area contributed by atoms with E-state index in [1.807, 2.05) is 4.90 Å². The summed E-state index contributed by atoms with van der Waals surface area (Å²) >= 11 is 1.13. The van der Waals surface area contributed by atoms with Crippen LogP contribution in [0, 0.1) is 5.92 Å². The summed E-state index contributed by atoms with van der Waals surface area (Å²) in [5.41, 5.74) is -1.16. The maximum Gasteiger partial charge on any atom is 0.416 e. The molecule has 0 radical (unpaired) electrons. The average molecular weight is 494 g/mol. The Kier molecular flexibility index (Phi) is 6.55. The Bertz CT molecular complexity index is 1290. The number of fused-ring (bicyclic) bond motifs is 1. The molecule has 3 heterocycles. The molecule has 0 aliphatic carbocycles. The van der Waals surface area contributed by atoms with E-state index in [9.17, 15) is 27.6 Å². The number of anilines is 2. The van der Waals surface area contributed by atoms with Gasteiger partial charge in [0.05, 0.1) is 11.5 Å². The first kappa shape index (κ1) is 23.7. The standard InChI is InChI=1S/C21H21F3N6O3S/c1-25-18(32)12-4-3-7-29(9-12)20-28-17-16(34-20)19(33)30(11-26-17)10-15(31)27-14-6-2-5-13(8-14)21(22,23)24/h2,5-6,8,11-12H,3-4,7,9-10H2,1H3,(H,25,32)(H,27,31)/t12-/m0/s1. The molecule has 34 heavy (non-hydrogen) atoms. The van der Waals surface area contributed by atoms with Crippen molar-refractivity contribution in [3.8, 4) is 0 Å². The summed E-state index contributed by atoms with van der Waals surface area (Å²) in [5, 5.41) is 5.59. The van der Waals surface area contributed by atoms with Gasteiger partial charge in [0.25, 0.3) is 5.56 Å². The molecule has 1 aliphatic rings. The van der Waals surface area contributed by atoms with Crippen molar-refractivity contribution in [3.63, 3.8) is 0 Å². The second-order valence-electron chi connectivity index (χ2n) is 7.85. The van der Waals surface area contributed by atoms with E-state index in [0.717, 1.165) is 40.9 Å². The number of rotatable bonds is 5. The summed E-state index contributed by atoms with van der Waals surface area (Å²) in [6, 6.07) is 4.24. The molecule has 2 N–H and O–H groups in total. The van der Waals surface area contributed by atoms with Gasteiger partial charge in [0.1, 0.15) is 17.6 Å². The first-order valence-electron chi connectivity index (χ1n) is 10.5. The number of carbonyl (C=O) groups is 2. The zero-order chi connectivity index (χ0) is 24.5. The van der Waals surface area contributed by atoms with Crippen LogP contribution >= 0.6 is 11.3 Å². The molecule has 1 atom stereocenters. The fourth-order valence-corrected chi connectivity index (χ4v) is 4.78. The van der Waals surface area contributed by atoms with Crippen molar-refractivity contribution < 1.29 is 22.8 Å². The molecular weight excluding hydrogens is 473 g/mol. The van der Waals surface area contributed by atoms with Crippen molar-refractivity contribution in [2.75, 3.05) is 30.4 Å². The van der Waals surface area contributed by atoms with E-state index in [2.05, 4.69) is 20.6 Å². The van der Waals surface area contributed by atoms with Crippen LogP contribution in [0.2, 0.25) is 0 Å². The predicted molar refractivity (Wildman–Crippen MR) is 121 cm³/mol. The van der Waals surface area contributed by atoms with Gasteiger partial charge in [-0.05, 0) is 31.0 Å². The van der Waals surface area contributed by atoms with Gasteiger partial charge in [0.15, 0.2) is 10.8 Å². The number of hydrogen-bond acceptors (Lipinski definition) is 7. The number of halogens is 3. The number of nitrogens with one attached hydrogen (secondary N) is 2. The summed E-state index contributed by atoms with van der Waals surface area (Å²) in [6.45, 7) is 0.752. The van der Waals surface area contributed by atoms with Crippen LogP contribution in [0.25, 0.3) is 10.3 Å². The normalized spacial score (nSPS) is 16.5. The number of benzene rings is 1. The Labute approximate surface area is 195 Å². The number of piperidine rings is 1. The number of thiazole rings is 1. The zero-order valence-corrected chi connectivity index (χ0v) is 18.9. The van der Waals surface area contributed by atoms with Gasteiger partial charge < -0.3 is 15.5 Å². The first-order valence-corrected chi connectivity index (χ1v) is 11.3. The summed E-state index contributed by atoms with van der Waals surface area (Å²) in [7, 11) is 1.59. The van der Waals surface area contributed by atoms with Crippen molar-refractivity contribution in [2.45, 2.75) is 25.6 Å². The van der Waals surface area contributed by atoms with E-state index in [0.29, 0.717) is 18.2 Å². The lowest BCUT2D eigenvalue weighted by Gasteiger charge is -2.31. The van der Waals surface area contributed by atoms with E-state index in [4.69, 9.17) is 0 Å². The van der Waals surface area contributed by atoms with E-state index in [1.165, 1.54) is 18.5 Å². The number of nitrogens with zero attached hydrogens (tertiary/aromatic N) is 4. The van der Waals surface area contributed by atoms with Crippen LogP contribution in [0.1, 0.15) is 18.4 Å². The minimum atomic E-state index is -4.54. The Morgan fingerprint density at radius 1 is 1.29 bits per heavy atom. The molecule has 1 aliphatic heterocycles. The van der Waals surface area contributed by atoms with Crippen LogP contribution in [0.3, 0.4) is 0 Å². The summed E-state index contributed by atoms with van der Waals surface area (Å²) in [6.07, 6.45) is -1.77. The molecule has 2 aromatic heterocycles. The Morgan fingerprint density at radius 2 is 2.09 bits per heavy atom. The Balaban J connectivity index is 1.50. The van der Waals surface area contributed by atoms with Crippen molar-refractivity contribution in [1.82, 2.24) is 19.9 Å². The topological polar surface area (TPSA) is 109 Å². The largest absolute Gasteiger partial charge is 0.416 e. The average Bonchev–Trinajstić information content (AvgIpc) is 3.25. The number of carbonyl (C=O) groups excluding carboxylic acids is 2. The summed E-state index contributed by atoms with van der Waals surface area (Å²) in [4.78, 5) is 47.8. The molecule has 1 aromatic carbocycles. The third-order valence-electron chi connectivity index (χ3n) is 5.47. The second-order valence-corrected chi connectivity index (χ2v) is 8.83. The van der Waals surface area contributed by atoms with Gasteiger partial charge in [-0.15, -0.1) is 0 Å². The zero-order valence-electron chi connectivity index (χ0n) is 18.1. The van der Waals surface area contributed by atoms with Crippen molar-refractivity contribution in [3.05, 3.63) is 46.5 Å².